The Morgan fingerprint density at radius 1 is 1.23 bits per heavy atom. The van der Waals surface area contributed by atoms with Crippen LogP contribution in [-0.2, 0) is 10.0 Å². The number of amides is 1. The van der Waals surface area contributed by atoms with E-state index in [9.17, 15) is 13.2 Å². The summed E-state index contributed by atoms with van der Waals surface area (Å²) in [6.45, 7) is 6.75. The number of nitrogens with zero attached hydrogens (tertiary/aromatic N) is 1. The first-order chi connectivity index (χ1) is 12.4. The van der Waals surface area contributed by atoms with Crippen molar-refractivity contribution >= 4 is 15.9 Å². The predicted octanol–water partition coefficient (Wildman–Crippen LogP) is 1.90. The van der Waals surface area contributed by atoms with E-state index in [2.05, 4.69) is 17.6 Å². The van der Waals surface area contributed by atoms with E-state index in [1.54, 1.807) is 23.4 Å². The van der Waals surface area contributed by atoms with E-state index in [-0.39, 0.29) is 16.8 Å². The van der Waals surface area contributed by atoms with Gasteiger partial charge in [0.2, 0.25) is 10.0 Å². The van der Waals surface area contributed by atoms with Crippen molar-refractivity contribution in [2.75, 3.05) is 26.2 Å². The van der Waals surface area contributed by atoms with Crippen LogP contribution < -0.4 is 10.6 Å². The van der Waals surface area contributed by atoms with Crippen LogP contribution >= 0.6 is 0 Å². The normalized spacial score (nSPS) is 25.0. The van der Waals surface area contributed by atoms with E-state index < -0.39 is 10.0 Å². The summed E-state index contributed by atoms with van der Waals surface area (Å²) < 4.78 is 27.6. The lowest BCUT2D eigenvalue weighted by molar-refractivity contribution is 0.0915. The van der Waals surface area contributed by atoms with Crippen molar-refractivity contribution in [3.05, 3.63) is 29.3 Å². The van der Waals surface area contributed by atoms with Crippen molar-refractivity contribution in [1.29, 1.82) is 0 Å². The molecule has 0 spiro atoms. The summed E-state index contributed by atoms with van der Waals surface area (Å²) in [5.41, 5.74) is 1.09. The first-order valence-electron chi connectivity index (χ1n) is 9.52. The van der Waals surface area contributed by atoms with Crippen LogP contribution in [-0.4, -0.2) is 50.9 Å². The van der Waals surface area contributed by atoms with Crippen LogP contribution in [0.1, 0.15) is 48.5 Å². The average Bonchev–Trinajstić information content (AvgIpc) is 2.64. The van der Waals surface area contributed by atoms with Gasteiger partial charge in [0.05, 0.1) is 4.90 Å². The van der Waals surface area contributed by atoms with E-state index in [0.717, 1.165) is 38.8 Å². The van der Waals surface area contributed by atoms with Crippen LogP contribution in [0.2, 0.25) is 0 Å². The Bertz CT molecular complexity index is 757. The molecule has 1 amide bonds. The van der Waals surface area contributed by atoms with Gasteiger partial charge in [0.15, 0.2) is 0 Å². The van der Waals surface area contributed by atoms with Crippen LogP contribution in [0.4, 0.5) is 0 Å². The molecule has 0 aliphatic carbocycles. The standard InChI is InChI=1S/C19H29N3O3S/c1-14-8-9-20-13-17(14)21-19(23)16-7-6-15(2)18(12-16)26(24,25)22-10-4-3-5-11-22/h6-7,12,14,17,20H,3-5,8-11,13H2,1-2H3,(H,21,23). The predicted molar refractivity (Wildman–Crippen MR) is 102 cm³/mol. The molecule has 2 saturated heterocycles. The molecule has 3 rings (SSSR count). The maximum Gasteiger partial charge on any atom is 0.251 e. The highest BCUT2D eigenvalue weighted by molar-refractivity contribution is 7.89. The van der Waals surface area contributed by atoms with Gasteiger partial charge in [0, 0.05) is 31.2 Å². The summed E-state index contributed by atoms with van der Waals surface area (Å²) in [6, 6.07) is 5.05. The lowest BCUT2D eigenvalue weighted by Crippen LogP contribution is -2.50. The molecule has 0 aromatic heterocycles. The number of carbonyl (C=O) groups is 1. The molecule has 0 saturated carbocycles. The second kappa shape index (κ2) is 8.06. The van der Waals surface area contributed by atoms with Crippen molar-refractivity contribution in [1.82, 2.24) is 14.9 Å². The molecular formula is C19H29N3O3S. The zero-order chi connectivity index (χ0) is 18.7. The number of nitrogens with one attached hydrogen (secondary N) is 2. The third kappa shape index (κ3) is 4.10. The molecule has 2 N–H and O–H groups in total. The average molecular weight is 380 g/mol. The monoisotopic (exact) mass is 379 g/mol. The third-order valence-corrected chi connectivity index (χ3v) is 7.57. The first kappa shape index (κ1) is 19.3. The molecule has 0 radical (unpaired) electrons. The Kier molecular flexibility index (Phi) is 5.99. The largest absolute Gasteiger partial charge is 0.348 e. The molecule has 0 bridgehead atoms. The summed E-state index contributed by atoms with van der Waals surface area (Å²) in [5, 5.41) is 6.35. The maximum absolute atomic E-state index is 13.0. The Labute approximate surface area is 156 Å². The lowest BCUT2D eigenvalue weighted by atomic mass is 9.94. The fourth-order valence-electron chi connectivity index (χ4n) is 3.70. The number of hydrogen-bond donors (Lipinski definition) is 2. The molecule has 2 aliphatic rings. The Balaban J connectivity index is 1.81. The number of benzene rings is 1. The first-order valence-corrected chi connectivity index (χ1v) is 11.0. The number of hydrogen-bond acceptors (Lipinski definition) is 4. The molecule has 2 unspecified atom stereocenters. The van der Waals surface area contributed by atoms with E-state index >= 15 is 0 Å². The molecule has 1 aromatic rings. The maximum atomic E-state index is 13.0. The van der Waals surface area contributed by atoms with Gasteiger partial charge in [-0.3, -0.25) is 4.79 Å². The summed E-state index contributed by atoms with van der Waals surface area (Å²) >= 11 is 0. The zero-order valence-electron chi connectivity index (χ0n) is 15.6. The van der Waals surface area contributed by atoms with Gasteiger partial charge in [0.25, 0.3) is 5.91 Å². The number of carbonyl (C=O) groups excluding carboxylic acids is 1. The number of aryl methyl sites for hydroxylation is 1. The topological polar surface area (TPSA) is 78.5 Å². The molecule has 7 heteroatoms. The molecular weight excluding hydrogens is 350 g/mol. The molecule has 144 valence electrons. The van der Waals surface area contributed by atoms with Gasteiger partial charge in [-0.2, -0.15) is 4.31 Å². The molecule has 2 heterocycles. The van der Waals surface area contributed by atoms with Gasteiger partial charge in [-0.05, 0) is 56.3 Å². The smallest absolute Gasteiger partial charge is 0.251 e. The molecule has 6 nitrogen and oxygen atoms in total. The Morgan fingerprint density at radius 3 is 2.65 bits per heavy atom. The van der Waals surface area contributed by atoms with Crippen LogP contribution in [0.3, 0.4) is 0 Å². The van der Waals surface area contributed by atoms with Gasteiger partial charge in [-0.25, -0.2) is 8.42 Å². The van der Waals surface area contributed by atoms with Gasteiger partial charge in [0.1, 0.15) is 0 Å². The minimum absolute atomic E-state index is 0.0692. The van der Waals surface area contributed by atoms with Crippen molar-refractivity contribution in [3.8, 4) is 0 Å². The second-order valence-corrected chi connectivity index (χ2v) is 9.40. The number of sulfonamides is 1. The Hall–Kier alpha value is -1.44. The minimum atomic E-state index is -3.55. The van der Waals surface area contributed by atoms with Crippen LogP contribution in [0, 0.1) is 12.8 Å². The summed E-state index contributed by atoms with van der Waals surface area (Å²) in [5.74, 6) is 0.197. The summed E-state index contributed by atoms with van der Waals surface area (Å²) in [4.78, 5) is 12.9. The van der Waals surface area contributed by atoms with Crippen molar-refractivity contribution in [2.24, 2.45) is 5.92 Å². The number of rotatable bonds is 4. The minimum Gasteiger partial charge on any atom is -0.348 e. The Morgan fingerprint density at radius 2 is 1.96 bits per heavy atom. The van der Waals surface area contributed by atoms with E-state index in [4.69, 9.17) is 0 Å². The van der Waals surface area contributed by atoms with E-state index in [1.165, 1.54) is 6.07 Å². The van der Waals surface area contributed by atoms with Crippen LogP contribution in [0.25, 0.3) is 0 Å². The fraction of sp³-hybridized carbons (Fsp3) is 0.632. The van der Waals surface area contributed by atoms with Gasteiger partial charge >= 0.3 is 0 Å². The quantitative estimate of drug-likeness (QED) is 0.837. The molecule has 2 aliphatic heterocycles. The SMILES string of the molecule is Cc1ccc(C(=O)NC2CNCCC2C)cc1S(=O)(=O)N1CCCCC1. The van der Waals surface area contributed by atoms with Gasteiger partial charge in [-0.1, -0.05) is 19.4 Å². The fourth-order valence-corrected chi connectivity index (χ4v) is 5.47. The second-order valence-electron chi connectivity index (χ2n) is 7.50. The van der Waals surface area contributed by atoms with Crippen molar-refractivity contribution in [3.63, 3.8) is 0 Å². The highest BCUT2D eigenvalue weighted by Gasteiger charge is 2.29. The number of piperidine rings is 2. The third-order valence-electron chi connectivity index (χ3n) is 5.53. The molecule has 2 fully saturated rings. The highest BCUT2D eigenvalue weighted by Crippen LogP contribution is 2.24. The van der Waals surface area contributed by atoms with Gasteiger partial charge < -0.3 is 10.6 Å². The molecule has 2 atom stereocenters. The van der Waals surface area contributed by atoms with Crippen LogP contribution in [0.5, 0.6) is 0 Å². The van der Waals surface area contributed by atoms with E-state index in [0.29, 0.717) is 30.1 Å². The van der Waals surface area contributed by atoms with Crippen molar-refractivity contribution in [2.45, 2.75) is 50.5 Å². The lowest BCUT2D eigenvalue weighted by Gasteiger charge is -2.30. The highest BCUT2D eigenvalue weighted by atomic mass is 32.2. The summed E-state index contributed by atoms with van der Waals surface area (Å²) in [7, 11) is -3.55. The van der Waals surface area contributed by atoms with Crippen LogP contribution in [0.15, 0.2) is 23.1 Å². The summed E-state index contributed by atoms with van der Waals surface area (Å²) in [6.07, 6.45) is 3.88. The molecule has 1 aromatic carbocycles. The van der Waals surface area contributed by atoms with E-state index in [1.807, 2.05) is 0 Å². The van der Waals surface area contributed by atoms with Crippen molar-refractivity contribution < 1.29 is 13.2 Å². The van der Waals surface area contributed by atoms with Gasteiger partial charge in [-0.15, -0.1) is 0 Å². The molecule has 26 heavy (non-hydrogen) atoms. The zero-order valence-corrected chi connectivity index (χ0v) is 16.4.